The van der Waals surface area contributed by atoms with Gasteiger partial charge in [0, 0.05) is 10.9 Å². The fraction of sp³-hybridized carbons (Fsp3) is 0.304. The number of fused-ring (bicyclic) bond motifs is 1. The van der Waals surface area contributed by atoms with Crippen LogP contribution < -0.4 is 5.32 Å². The van der Waals surface area contributed by atoms with Crippen LogP contribution in [0.15, 0.2) is 47.1 Å². The molecule has 1 N–H and O–H groups in total. The molecular weight excluding hydrogens is 373 g/mol. The molecule has 0 bridgehead atoms. The van der Waals surface area contributed by atoms with E-state index in [9.17, 15) is 14.0 Å². The zero-order chi connectivity index (χ0) is 21.1. The maximum atomic E-state index is 13.0. The summed E-state index contributed by atoms with van der Waals surface area (Å²) >= 11 is 0. The Balaban J connectivity index is 1.59. The summed E-state index contributed by atoms with van der Waals surface area (Å²) in [7, 11) is 0. The van der Waals surface area contributed by atoms with Crippen molar-refractivity contribution in [3.05, 3.63) is 70.7 Å². The average molecular weight is 397 g/mol. The Kier molecular flexibility index (Phi) is 6.01. The van der Waals surface area contributed by atoms with Crippen LogP contribution in [0.1, 0.15) is 42.1 Å². The highest BCUT2D eigenvalue weighted by Gasteiger charge is 2.21. The zero-order valence-corrected chi connectivity index (χ0v) is 16.9. The maximum Gasteiger partial charge on any atom is 0.311 e. The van der Waals surface area contributed by atoms with E-state index in [1.165, 1.54) is 19.1 Å². The molecule has 0 fully saturated rings. The van der Waals surface area contributed by atoms with Gasteiger partial charge in [-0.1, -0.05) is 12.1 Å². The standard InChI is InChI=1S/C23H24FNO4/c1-13-9-20-18(12-28-21(20)10-14(13)2)11-22(26)29-16(4)23(27)25-15(3)17-5-7-19(24)8-6-17/h5-10,12,15-16H,11H2,1-4H3,(H,25,27). The number of nitrogens with one attached hydrogen (secondary N) is 1. The van der Waals surface area contributed by atoms with E-state index in [1.54, 1.807) is 25.3 Å². The van der Waals surface area contributed by atoms with Gasteiger partial charge < -0.3 is 14.5 Å². The van der Waals surface area contributed by atoms with Crippen molar-refractivity contribution in [2.24, 2.45) is 0 Å². The second-order valence-electron chi connectivity index (χ2n) is 7.28. The molecule has 29 heavy (non-hydrogen) atoms. The Morgan fingerprint density at radius 1 is 1.10 bits per heavy atom. The van der Waals surface area contributed by atoms with Gasteiger partial charge in [0.25, 0.3) is 5.91 Å². The molecule has 0 radical (unpaired) electrons. The summed E-state index contributed by atoms with van der Waals surface area (Å²) < 4.78 is 23.9. The quantitative estimate of drug-likeness (QED) is 0.620. The van der Waals surface area contributed by atoms with E-state index >= 15 is 0 Å². The van der Waals surface area contributed by atoms with Crippen molar-refractivity contribution in [3.63, 3.8) is 0 Å². The van der Waals surface area contributed by atoms with Crippen LogP contribution in [0.4, 0.5) is 4.39 Å². The molecule has 0 aliphatic heterocycles. The number of esters is 1. The molecule has 2 unspecified atom stereocenters. The molecule has 0 saturated heterocycles. The Bertz CT molecular complexity index is 1040. The summed E-state index contributed by atoms with van der Waals surface area (Å²) in [6, 6.07) is 9.45. The lowest BCUT2D eigenvalue weighted by Gasteiger charge is -2.18. The van der Waals surface area contributed by atoms with E-state index in [2.05, 4.69) is 5.32 Å². The normalized spacial score (nSPS) is 13.1. The van der Waals surface area contributed by atoms with Crippen molar-refractivity contribution in [2.45, 2.75) is 46.3 Å². The topological polar surface area (TPSA) is 68.5 Å². The lowest BCUT2D eigenvalue weighted by atomic mass is 10.0. The van der Waals surface area contributed by atoms with Crippen molar-refractivity contribution < 1.29 is 23.1 Å². The van der Waals surface area contributed by atoms with Crippen LogP contribution in [0, 0.1) is 19.7 Å². The summed E-state index contributed by atoms with van der Waals surface area (Å²) in [5.74, 6) is -1.27. The molecule has 5 nitrogen and oxygen atoms in total. The number of halogens is 1. The van der Waals surface area contributed by atoms with Crippen molar-refractivity contribution in [1.29, 1.82) is 0 Å². The van der Waals surface area contributed by atoms with Gasteiger partial charge in [-0.05, 0) is 68.7 Å². The van der Waals surface area contributed by atoms with Crippen LogP contribution in [0.5, 0.6) is 0 Å². The SMILES string of the molecule is Cc1cc2occ(CC(=O)OC(C)C(=O)NC(C)c3ccc(F)cc3)c2cc1C. The van der Waals surface area contributed by atoms with Crippen molar-refractivity contribution >= 4 is 22.8 Å². The molecule has 1 heterocycles. The van der Waals surface area contributed by atoms with Crippen molar-refractivity contribution in [3.8, 4) is 0 Å². The van der Waals surface area contributed by atoms with Crippen molar-refractivity contribution in [1.82, 2.24) is 5.32 Å². The first-order valence-electron chi connectivity index (χ1n) is 9.47. The van der Waals surface area contributed by atoms with E-state index in [0.717, 1.165) is 33.2 Å². The number of carbonyl (C=O) groups is 2. The molecule has 3 aromatic rings. The number of hydrogen-bond acceptors (Lipinski definition) is 4. The summed E-state index contributed by atoms with van der Waals surface area (Å²) in [6.45, 7) is 7.30. The zero-order valence-electron chi connectivity index (χ0n) is 16.9. The summed E-state index contributed by atoms with van der Waals surface area (Å²) in [5, 5.41) is 3.63. The Morgan fingerprint density at radius 2 is 1.76 bits per heavy atom. The van der Waals surface area contributed by atoms with E-state index < -0.39 is 18.0 Å². The third-order valence-electron chi connectivity index (χ3n) is 5.01. The van der Waals surface area contributed by atoms with Crippen molar-refractivity contribution in [2.75, 3.05) is 0 Å². The molecular formula is C23H24FNO4. The minimum atomic E-state index is -0.951. The predicted molar refractivity (Wildman–Crippen MR) is 108 cm³/mol. The Hall–Kier alpha value is -3.15. The third-order valence-corrected chi connectivity index (χ3v) is 5.01. The molecule has 2 atom stereocenters. The van der Waals surface area contributed by atoms with E-state index in [4.69, 9.17) is 9.15 Å². The van der Waals surface area contributed by atoms with Crippen LogP contribution in [0.2, 0.25) is 0 Å². The van der Waals surface area contributed by atoms with Gasteiger partial charge >= 0.3 is 5.97 Å². The molecule has 0 aliphatic rings. The minimum absolute atomic E-state index is 0.0145. The second kappa shape index (κ2) is 8.47. The fourth-order valence-corrected chi connectivity index (χ4v) is 3.09. The summed E-state index contributed by atoms with van der Waals surface area (Å²) in [5.41, 5.74) is 4.42. The number of carbonyl (C=O) groups excluding carboxylic acids is 2. The van der Waals surface area contributed by atoms with E-state index in [-0.39, 0.29) is 18.3 Å². The van der Waals surface area contributed by atoms with Gasteiger partial charge in [0.1, 0.15) is 11.4 Å². The van der Waals surface area contributed by atoms with Crippen LogP contribution >= 0.6 is 0 Å². The highest BCUT2D eigenvalue weighted by molar-refractivity contribution is 5.88. The first-order valence-corrected chi connectivity index (χ1v) is 9.47. The highest BCUT2D eigenvalue weighted by atomic mass is 19.1. The van der Waals surface area contributed by atoms with Crippen LogP contribution in [-0.4, -0.2) is 18.0 Å². The summed E-state index contributed by atoms with van der Waals surface area (Å²) in [6.07, 6.45) is 0.611. The monoisotopic (exact) mass is 397 g/mol. The number of furan rings is 1. The van der Waals surface area contributed by atoms with Crippen LogP contribution in [-0.2, 0) is 20.7 Å². The molecule has 3 rings (SSSR count). The lowest BCUT2D eigenvalue weighted by Crippen LogP contribution is -2.37. The predicted octanol–water partition coefficient (Wildman–Crippen LogP) is 4.54. The average Bonchev–Trinajstić information content (AvgIpc) is 3.03. The highest BCUT2D eigenvalue weighted by Crippen LogP contribution is 2.25. The largest absolute Gasteiger partial charge is 0.464 e. The van der Waals surface area contributed by atoms with Gasteiger partial charge in [-0.2, -0.15) is 0 Å². The number of hydrogen-bond donors (Lipinski definition) is 1. The Morgan fingerprint density at radius 3 is 2.45 bits per heavy atom. The molecule has 0 aliphatic carbocycles. The maximum absolute atomic E-state index is 13.0. The molecule has 2 aromatic carbocycles. The molecule has 152 valence electrons. The molecule has 1 aromatic heterocycles. The van der Waals surface area contributed by atoms with E-state index in [1.807, 2.05) is 26.0 Å². The lowest BCUT2D eigenvalue weighted by molar-refractivity contribution is -0.154. The molecule has 6 heteroatoms. The van der Waals surface area contributed by atoms with Gasteiger partial charge in [-0.15, -0.1) is 0 Å². The first-order chi connectivity index (χ1) is 13.7. The second-order valence-corrected chi connectivity index (χ2v) is 7.28. The number of ether oxygens (including phenoxy) is 1. The Labute approximate surface area is 168 Å². The third kappa shape index (κ3) is 4.83. The first kappa shape index (κ1) is 20.6. The smallest absolute Gasteiger partial charge is 0.311 e. The number of amides is 1. The molecule has 0 spiro atoms. The van der Waals surface area contributed by atoms with Gasteiger partial charge in [-0.3, -0.25) is 9.59 Å². The number of rotatable bonds is 6. The van der Waals surface area contributed by atoms with Gasteiger partial charge in [0.15, 0.2) is 6.10 Å². The fourth-order valence-electron chi connectivity index (χ4n) is 3.09. The minimum Gasteiger partial charge on any atom is -0.464 e. The van der Waals surface area contributed by atoms with Crippen LogP contribution in [0.3, 0.4) is 0 Å². The van der Waals surface area contributed by atoms with Gasteiger partial charge in [0.05, 0.1) is 18.7 Å². The molecule has 1 amide bonds. The summed E-state index contributed by atoms with van der Waals surface area (Å²) in [4.78, 5) is 24.7. The van der Waals surface area contributed by atoms with Crippen LogP contribution in [0.25, 0.3) is 11.0 Å². The van der Waals surface area contributed by atoms with E-state index in [0.29, 0.717) is 0 Å². The van der Waals surface area contributed by atoms with Gasteiger partial charge in [0.2, 0.25) is 0 Å². The number of aryl methyl sites for hydroxylation is 2. The number of benzene rings is 2. The van der Waals surface area contributed by atoms with Gasteiger partial charge in [-0.25, -0.2) is 4.39 Å². The molecule has 0 saturated carbocycles.